The van der Waals surface area contributed by atoms with E-state index in [1.54, 1.807) is 25.5 Å². The number of aromatic nitrogens is 1. The van der Waals surface area contributed by atoms with Crippen LogP contribution in [-0.4, -0.2) is 36.6 Å². The number of nitrogens with one attached hydrogen (secondary N) is 2. The van der Waals surface area contributed by atoms with Crippen molar-refractivity contribution in [3.63, 3.8) is 0 Å². The van der Waals surface area contributed by atoms with Gasteiger partial charge in [0.1, 0.15) is 6.61 Å². The standard InChI is InChI=1S/C28H28N4O3/c1-18(29)25(20(3)30-4)27(33)31-19(2)24-17-22-12-9-11-21(13-10-16-35-5)26(22)28(34)32(24)23-14-7-6-8-15-23/h6-9,11-12,14-15,17,19,29H,4,16H2,1-3,5H3,(H,31,33)/b25-20-,29-18?. The van der Waals surface area contributed by atoms with Gasteiger partial charge in [0.2, 0.25) is 0 Å². The predicted molar refractivity (Wildman–Crippen MR) is 141 cm³/mol. The highest BCUT2D eigenvalue weighted by atomic mass is 16.5. The maximum Gasteiger partial charge on any atom is 0.264 e. The number of methoxy groups -OCH3 is 1. The number of rotatable bonds is 7. The monoisotopic (exact) mass is 468 g/mol. The Morgan fingerprint density at radius 2 is 1.91 bits per heavy atom. The summed E-state index contributed by atoms with van der Waals surface area (Å²) in [5, 5.41) is 12.1. The number of carbonyl (C=O) groups excluding carboxylic acids is 1. The number of allylic oxidation sites excluding steroid dienone is 1. The zero-order valence-electron chi connectivity index (χ0n) is 20.3. The van der Waals surface area contributed by atoms with Crippen molar-refractivity contribution in [2.45, 2.75) is 26.8 Å². The topological polar surface area (TPSA) is 96.5 Å². The van der Waals surface area contributed by atoms with E-state index in [1.807, 2.05) is 54.6 Å². The van der Waals surface area contributed by atoms with Crippen LogP contribution in [0.3, 0.4) is 0 Å². The highest BCUT2D eigenvalue weighted by Crippen LogP contribution is 2.23. The van der Waals surface area contributed by atoms with Gasteiger partial charge in [-0.15, -0.1) is 0 Å². The molecule has 0 aliphatic carbocycles. The summed E-state index contributed by atoms with van der Waals surface area (Å²) in [5.74, 6) is 5.49. The first kappa shape index (κ1) is 25.3. The van der Waals surface area contributed by atoms with Gasteiger partial charge in [0.05, 0.1) is 22.7 Å². The van der Waals surface area contributed by atoms with Crippen molar-refractivity contribution in [3.05, 3.63) is 87.5 Å². The van der Waals surface area contributed by atoms with Crippen LogP contribution in [0.5, 0.6) is 0 Å². The van der Waals surface area contributed by atoms with E-state index in [2.05, 4.69) is 28.9 Å². The molecule has 35 heavy (non-hydrogen) atoms. The van der Waals surface area contributed by atoms with Crippen LogP contribution in [-0.2, 0) is 9.53 Å². The van der Waals surface area contributed by atoms with Gasteiger partial charge in [0.25, 0.3) is 11.5 Å². The number of hydrogen-bond acceptors (Lipinski definition) is 5. The number of para-hydroxylation sites is 1. The third kappa shape index (κ3) is 5.45. The van der Waals surface area contributed by atoms with Crippen LogP contribution < -0.4 is 10.9 Å². The SMILES string of the molecule is C=N/C(C)=C(/C(C)=N)C(=O)NC(C)c1cc2cccc(C#CCOC)c2c(=O)n1-c1ccccc1. The van der Waals surface area contributed by atoms with Gasteiger partial charge in [-0.25, -0.2) is 0 Å². The van der Waals surface area contributed by atoms with Crippen molar-refractivity contribution in [2.75, 3.05) is 13.7 Å². The van der Waals surface area contributed by atoms with Gasteiger partial charge < -0.3 is 15.5 Å². The first-order valence-corrected chi connectivity index (χ1v) is 11.1. The van der Waals surface area contributed by atoms with E-state index in [1.165, 1.54) is 6.92 Å². The Hall–Kier alpha value is -4.28. The highest BCUT2D eigenvalue weighted by molar-refractivity contribution is 6.20. The van der Waals surface area contributed by atoms with Crippen molar-refractivity contribution in [2.24, 2.45) is 4.99 Å². The fourth-order valence-corrected chi connectivity index (χ4v) is 3.88. The highest BCUT2D eigenvalue weighted by Gasteiger charge is 2.22. The number of ether oxygens (including phenoxy) is 1. The molecule has 1 unspecified atom stereocenters. The Morgan fingerprint density at radius 3 is 2.54 bits per heavy atom. The Bertz CT molecular complexity index is 1440. The van der Waals surface area contributed by atoms with Gasteiger partial charge in [0, 0.05) is 29.8 Å². The third-order valence-corrected chi connectivity index (χ3v) is 5.52. The summed E-state index contributed by atoms with van der Waals surface area (Å²) in [6, 6.07) is 16.1. The smallest absolute Gasteiger partial charge is 0.264 e. The fourth-order valence-electron chi connectivity index (χ4n) is 3.88. The van der Waals surface area contributed by atoms with Crippen LogP contribution in [0.1, 0.15) is 38.1 Å². The van der Waals surface area contributed by atoms with Crippen LogP contribution >= 0.6 is 0 Å². The first-order chi connectivity index (χ1) is 16.8. The second-order valence-corrected chi connectivity index (χ2v) is 7.99. The fraction of sp³-hybridized carbons (Fsp3) is 0.214. The number of carbonyl (C=O) groups is 1. The molecule has 0 aliphatic heterocycles. The Balaban J connectivity index is 2.23. The molecule has 0 radical (unpaired) electrons. The number of fused-ring (bicyclic) bond motifs is 1. The average molecular weight is 469 g/mol. The van der Waals surface area contributed by atoms with E-state index < -0.39 is 11.9 Å². The van der Waals surface area contributed by atoms with Crippen LogP contribution in [0, 0.1) is 17.3 Å². The van der Waals surface area contributed by atoms with Crippen molar-refractivity contribution < 1.29 is 9.53 Å². The van der Waals surface area contributed by atoms with Gasteiger partial charge in [0.15, 0.2) is 0 Å². The molecule has 0 fully saturated rings. The number of aliphatic imine (C=N–C) groups is 1. The second kappa shape index (κ2) is 11.2. The van der Waals surface area contributed by atoms with Crippen LogP contribution in [0.25, 0.3) is 16.5 Å². The van der Waals surface area contributed by atoms with Crippen molar-refractivity contribution in [3.8, 4) is 17.5 Å². The lowest BCUT2D eigenvalue weighted by Crippen LogP contribution is -2.34. The molecular formula is C28H28N4O3. The summed E-state index contributed by atoms with van der Waals surface area (Å²) in [6.07, 6.45) is 0. The van der Waals surface area contributed by atoms with Crippen molar-refractivity contribution in [1.29, 1.82) is 5.41 Å². The number of pyridine rings is 1. The minimum absolute atomic E-state index is 0.0813. The molecule has 3 aromatic rings. The molecule has 2 N–H and O–H groups in total. The van der Waals surface area contributed by atoms with Gasteiger partial charge >= 0.3 is 0 Å². The quantitative estimate of drug-likeness (QED) is 0.309. The summed E-state index contributed by atoms with van der Waals surface area (Å²) in [4.78, 5) is 30.7. The van der Waals surface area contributed by atoms with Crippen LogP contribution in [0.2, 0.25) is 0 Å². The molecule has 7 heteroatoms. The molecule has 1 atom stereocenters. The lowest BCUT2D eigenvalue weighted by atomic mass is 10.0. The molecule has 1 heterocycles. The molecule has 7 nitrogen and oxygen atoms in total. The molecular weight excluding hydrogens is 440 g/mol. The number of benzene rings is 2. The summed E-state index contributed by atoms with van der Waals surface area (Å²) < 4.78 is 6.61. The van der Waals surface area contributed by atoms with Crippen LogP contribution in [0.15, 0.2) is 75.7 Å². The Kier molecular flexibility index (Phi) is 8.13. The van der Waals surface area contributed by atoms with Crippen molar-refractivity contribution in [1.82, 2.24) is 9.88 Å². The summed E-state index contributed by atoms with van der Waals surface area (Å²) >= 11 is 0. The second-order valence-electron chi connectivity index (χ2n) is 7.99. The van der Waals surface area contributed by atoms with E-state index in [-0.39, 0.29) is 23.5 Å². The number of nitrogens with zero attached hydrogens (tertiary/aromatic N) is 2. The van der Waals surface area contributed by atoms with E-state index in [0.717, 1.165) is 0 Å². The largest absolute Gasteiger partial charge is 0.372 e. The summed E-state index contributed by atoms with van der Waals surface area (Å²) in [5.41, 5.74) is 2.22. The summed E-state index contributed by atoms with van der Waals surface area (Å²) in [6.45, 7) is 8.68. The van der Waals surface area contributed by atoms with Gasteiger partial charge in [-0.05, 0) is 57.1 Å². The van der Waals surface area contributed by atoms with Crippen LogP contribution in [0.4, 0.5) is 0 Å². The zero-order chi connectivity index (χ0) is 25.5. The third-order valence-electron chi connectivity index (χ3n) is 5.52. The minimum Gasteiger partial charge on any atom is -0.372 e. The lowest BCUT2D eigenvalue weighted by molar-refractivity contribution is -0.117. The van der Waals surface area contributed by atoms with Crippen molar-refractivity contribution >= 4 is 29.1 Å². The number of amides is 1. The molecule has 2 aromatic carbocycles. The van der Waals surface area contributed by atoms with E-state index >= 15 is 0 Å². The minimum atomic E-state index is -0.560. The molecule has 0 bridgehead atoms. The molecule has 0 saturated carbocycles. The molecule has 0 spiro atoms. The summed E-state index contributed by atoms with van der Waals surface area (Å²) in [7, 11) is 1.56. The Morgan fingerprint density at radius 1 is 1.20 bits per heavy atom. The molecule has 0 aliphatic rings. The first-order valence-electron chi connectivity index (χ1n) is 11.1. The maximum absolute atomic E-state index is 13.9. The average Bonchev–Trinajstić information content (AvgIpc) is 2.84. The predicted octanol–water partition coefficient (Wildman–Crippen LogP) is 4.18. The number of hydrogen-bond donors (Lipinski definition) is 2. The molecule has 3 rings (SSSR count). The van der Waals surface area contributed by atoms with E-state index in [4.69, 9.17) is 10.1 Å². The maximum atomic E-state index is 13.9. The van der Waals surface area contributed by atoms with E-state index in [0.29, 0.717) is 33.4 Å². The molecule has 1 amide bonds. The van der Waals surface area contributed by atoms with E-state index in [9.17, 15) is 9.59 Å². The zero-order valence-corrected chi connectivity index (χ0v) is 20.3. The molecule has 178 valence electrons. The van der Waals surface area contributed by atoms with Gasteiger partial charge in [-0.2, -0.15) is 0 Å². The van der Waals surface area contributed by atoms with Gasteiger partial charge in [-0.1, -0.05) is 42.2 Å². The lowest BCUT2D eigenvalue weighted by Gasteiger charge is -2.22. The Labute approximate surface area is 204 Å². The molecule has 0 saturated heterocycles. The molecule has 1 aromatic heterocycles. The van der Waals surface area contributed by atoms with Gasteiger partial charge in [-0.3, -0.25) is 19.1 Å². The normalized spacial score (nSPS) is 12.2.